The van der Waals surface area contributed by atoms with Crippen LogP contribution in [0.1, 0.15) is 18.2 Å². The van der Waals surface area contributed by atoms with Crippen LogP contribution in [0.3, 0.4) is 0 Å². The van der Waals surface area contributed by atoms with Gasteiger partial charge in [0.25, 0.3) is 0 Å². The quantitative estimate of drug-likeness (QED) is 0.720. The summed E-state index contributed by atoms with van der Waals surface area (Å²) in [4.78, 5) is 5.19. The highest BCUT2D eigenvalue weighted by Gasteiger charge is 1.97. The Balaban J connectivity index is 2.28. The van der Waals surface area contributed by atoms with E-state index >= 15 is 0 Å². The molecule has 0 aromatic carbocycles. The Bertz CT molecular complexity index is 172. The van der Waals surface area contributed by atoms with Crippen LogP contribution in [-0.4, -0.2) is 16.2 Å². The van der Waals surface area contributed by atoms with E-state index in [2.05, 4.69) is 4.98 Å². The number of nitrogens with zero attached hydrogens (tertiary/aromatic N) is 1. The van der Waals surface area contributed by atoms with Crippen molar-refractivity contribution < 1.29 is 5.11 Å². The molecule has 56 valence electrons. The molecule has 2 nitrogen and oxygen atoms in total. The van der Waals surface area contributed by atoms with Crippen LogP contribution in [-0.2, 0) is 6.42 Å². The van der Waals surface area contributed by atoms with Gasteiger partial charge in [0.05, 0.1) is 11.6 Å². The van der Waals surface area contributed by atoms with Crippen LogP contribution < -0.4 is 0 Å². The lowest BCUT2D eigenvalue weighted by Gasteiger charge is -1.99. The summed E-state index contributed by atoms with van der Waals surface area (Å²) in [6.07, 6.45) is 3.44. The minimum Gasteiger partial charge on any atom is -0.393 e. The third-order valence-corrected chi connectivity index (χ3v) is 2.13. The van der Waals surface area contributed by atoms with Gasteiger partial charge in [0.2, 0.25) is 0 Å². The Morgan fingerprint density at radius 1 is 1.80 bits per heavy atom. The van der Waals surface area contributed by atoms with Gasteiger partial charge in [0.1, 0.15) is 0 Å². The molecule has 0 fully saturated rings. The molecule has 0 saturated heterocycles. The predicted molar refractivity (Wildman–Crippen MR) is 42.1 cm³/mol. The van der Waals surface area contributed by atoms with Gasteiger partial charge in [-0.3, -0.25) is 4.98 Å². The molecule has 0 bridgehead atoms. The summed E-state index contributed by atoms with van der Waals surface area (Å²) in [5.41, 5.74) is 1.82. The topological polar surface area (TPSA) is 33.1 Å². The number of aryl methyl sites for hydroxylation is 1. The largest absolute Gasteiger partial charge is 0.393 e. The molecular formula is C7H11NOS. The summed E-state index contributed by atoms with van der Waals surface area (Å²) in [5.74, 6) is 0. The first-order valence-electron chi connectivity index (χ1n) is 3.34. The van der Waals surface area contributed by atoms with Gasteiger partial charge in [0.15, 0.2) is 0 Å². The Hall–Kier alpha value is -0.410. The molecule has 3 heteroatoms. The summed E-state index contributed by atoms with van der Waals surface area (Å²) in [5, 5.41) is 8.94. The molecule has 1 rings (SSSR count). The lowest BCUT2D eigenvalue weighted by molar-refractivity contribution is 0.185. The maximum atomic E-state index is 8.94. The van der Waals surface area contributed by atoms with Crippen LogP contribution in [0, 0.1) is 0 Å². The van der Waals surface area contributed by atoms with E-state index < -0.39 is 0 Å². The Kier molecular flexibility index (Phi) is 2.83. The minimum atomic E-state index is -0.193. The van der Waals surface area contributed by atoms with E-state index in [1.54, 1.807) is 18.3 Å². The molecule has 0 amide bonds. The molecule has 0 aliphatic carbocycles. The molecule has 0 spiro atoms. The Morgan fingerprint density at radius 3 is 3.10 bits per heavy atom. The van der Waals surface area contributed by atoms with Gasteiger partial charge in [0, 0.05) is 11.1 Å². The molecule has 0 radical (unpaired) electrons. The summed E-state index contributed by atoms with van der Waals surface area (Å²) in [6, 6.07) is 0. The fourth-order valence-electron chi connectivity index (χ4n) is 0.717. The number of rotatable bonds is 3. The minimum absolute atomic E-state index is 0.193. The van der Waals surface area contributed by atoms with Gasteiger partial charge < -0.3 is 5.11 Å². The number of thiazole rings is 1. The maximum absolute atomic E-state index is 8.94. The number of hydrogen-bond acceptors (Lipinski definition) is 3. The van der Waals surface area contributed by atoms with Crippen LogP contribution in [0.15, 0.2) is 11.7 Å². The van der Waals surface area contributed by atoms with Crippen molar-refractivity contribution in [3.05, 3.63) is 16.6 Å². The van der Waals surface area contributed by atoms with Crippen LogP contribution in [0.5, 0.6) is 0 Å². The smallest absolute Gasteiger partial charge is 0.0794 e. The molecule has 0 unspecified atom stereocenters. The summed E-state index contributed by atoms with van der Waals surface area (Å²) in [6.45, 7) is 1.81. The Labute approximate surface area is 64.5 Å². The molecule has 1 N–H and O–H groups in total. The first-order valence-corrected chi connectivity index (χ1v) is 4.22. The van der Waals surface area contributed by atoms with Gasteiger partial charge in [-0.15, -0.1) is 11.3 Å². The normalized spacial score (nSPS) is 13.4. The number of aliphatic hydroxyl groups is 1. The molecular weight excluding hydrogens is 146 g/mol. The highest BCUT2D eigenvalue weighted by molar-refractivity contribution is 7.09. The van der Waals surface area contributed by atoms with Crippen molar-refractivity contribution in [1.82, 2.24) is 4.98 Å². The Morgan fingerprint density at radius 2 is 2.60 bits per heavy atom. The predicted octanol–water partition coefficient (Wildman–Crippen LogP) is 1.46. The first-order chi connectivity index (χ1) is 4.79. The second kappa shape index (κ2) is 3.68. The van der Waals surface area contributed by atoms with Crippen molar-refractivity contribution in [3.63, 3.8) is 0 Å². The molecule has 10 heavy (non-hydrogen) atoms. The van der Waals surface area contributed by atoms with Crippen molar-refractivity contribution in [2.24, 2.45) is 0 Å². The molecule has 0 aliphatic heterocycles. The van der Waals surface area contributed by atoms with Crippen LogP contribution in [0.25, 0.3) is 0 Å². The van der Waals surface area contributed by atoms with Crippen molar-refractivity contribution in [3.8, 4) is 0 Å². The van der Waals surface area contributed by atoms with Crippen molar-refractivity contribution in [1.29, 1.82) is 0 Å². The van der Waals surface area contributed by atoms with Gasteiger partial charge in [-0.05, 0) is 19.8 Å². The summed E-state index contributed by atoms with van der Waals surface area (Å²) in [7, 11) is 0. The fraction of sp³-hybridized carbons (Fsp3) is 0.571. The number of hydrogen-bond donors (Lipinski definition) is 1. The fourth-order valence-corrected chi connectivity index (χ4v) is 1.33. The lowest BCUT2D eigenvalue weighted by atomic mass is 10.2. The zero-order chi connectivity index (χ0) is 7.40. The van der Waals surface area contributed by atoms with E-state index in [1.807, 2.05) is 11.7 Å². The zero-order valence-electron chi connectivity index (χ0n) is 5.95. The van der Waals surface area contributed by atoms with Gasteiger partial charge >= 0.3 is 0 Å². The molecule has 0 saturated carbocycles. The molecule has 1 atom stereocenters. The number of aromatic nitrogens is 1. The van der Waals surface area contributed by atoms with E-state index in [0.717, 1.165) is 12.8 Å². The number of aliphatic hydroxyl groups excluding tert-OH is 1. The van der Waals surface area contributed by atoms with Crippen molar-refractivity contribution in [2.45, 2.75) is 25.9 Å². The van der Waals surface area contributed by atoms with E-state index in [4.69, 9.17) is 5.11 Å². The van der Waals surface area contributed by atoms with Gasteiger partial charge in [-0.2, -0.15) is 0 Å². The molecule has 1 aromatic rings. The standard InChI is InChI=1S/C7H11NOS/c1-6(9)2-3-7-4-8-5-10-7/h4-6,9H,2-3H2,1H3/t6-/m1/s1. The summed E-state index contributed by atoms with van der Waals surface area (Å²) >= 11 is 1.64. The molecule has 1 aromatic heterocycles. The molecule has 1 heterocycles. The van der Waals surface area contributed by atoms with Gasteiger partial charge in [-0.25, -0.2) is 0 Å². The van der Waals surface area contributed by atoms with Crippen LogP contribution >= 0.6 is 11.3 Å². The average Bonchev–Trinajstić information content (AvgIpc) is 2.34. The van der Waals surface area contributed by atoms with Crippen molar-refractivity contribution in [2.75, 3.05) is 0 Å². The SMILES string of the molecule is C[C@@H](O)CCc1cncs1. The average molecular weight is 157 g/mol. The van der Waals surface area contributed by atoms with E-state index in [0.29, 0.717) is 0 Å². The highest BCUT2D eigenvalue weighted by atomic mass is 32.1. The maximum Gasteiger partial charge on any atom is 0.0794 e. The van der Waals surface area contributed by atoms with E-state index in [1.165, 1.54) is 4.88 Å². The van der Waals surface area contributed by atoms with Gasteiger partial charge in [-0.1, -0.05) is 0 Å². The third-order valence-electron chi connectivity index (χ3n) is 1.29. The van der Waals surface area contributed by atoms with E-state index in [9.17, 15) is 0 Å². The zero-order valence-corrected chi connectivity index (χ0v) is 6.77. The second-order valence-corrected chi connectivity index (χ2v) is 3.33. The van der Waals surface area contributed by atoms with Crippen LogP contribution in [0.2, 0.25) is 0 Å². The van der Waals surface area contributed by atoms with Crippen LogP contribution in [0.4, 0.5) is 0 Å². The highest BCUT2D eigenvalue weighted by Crippen LogP contribution is 2.09. The van der Waals surface area contributed by atoms with Crippen molar-refractivity contribution >= 4 is 11.3 Å². The second-order valence-electron chi connectivity index (χ2n) is 2.36. The first kappa shape index (κ1) is 7.69. The van der Waals surface area contributed by atoms with E-state index in [-0.39, 0.29) is 6.10 Å². The molecule has 0 aliphatic rings. The summed E-state index contributed by atoms with van der Waals surface area (Å²) < 4.78 is 0. The third kappa shape index (κ3) is 2.45. The lowest BCUT2D eigenvalue weighted by Crippen LogP contribution is -1.99. The monoisotopic (exact) mass is 157 g/mol.